The fourth-order valence-electron chi connectivity index (χ4n) is 4.54. The van der Waals surface area contributed by atoms with Crippen LogP contribution in [-0.2, 0) is 11.3 Å². The van der Waals surface area contributed by atoms with E-state index in [0.717, 1.165) is 63.8 Å². The van der Waals surface area contributed by atoms with E-state index in [1.165, 1.54) is 0 Å². The van der Waals surface area contributed by atoms with Crippen molar-refractivity contribution < 1.29 is 14.3 Å². The third kappa shape index (κ3) is 6.19. The van der Waals surface area contributed by atoms with E-state index in [0.29, 0.717) is 52.4 Å². The molecule has 204 valence electrons. The summed E-state index contributed by atoms with van der Waals surface area (Å²) in [6.07, 6.45) is 5.23. The highest BCUT2D eigenvalue weighted by Crippen LogP contribution is 2.39. The molecular weight excluding hydrogens is 508 g/mol. The number of nitrogens with one attached hydrogen (secondary N) is 1. The van der Waals surface area contributed by atoms with Crippen molar-refractivity contribution in [2.45, 2.75) is 32.7 Å². The number of anilines is 1. The summed E-state index contributed by atoms with van der Waals surface area (Å²) in [6, 6.07) is 5.29. The lowest BCUT2D eigenvalue weighted by Gasteiger charge is -2.32. The van der Waals surface area contributed by atoms with Gasteiger partial charge in [0.2, 0.25) is 12.4 Å². The molecule has 0 saturated carbocycles. The predicted molar refractivity (Wildman–Crippen MR) is 149 cm³/mol. The Bertz CT molecular complexity index is 1320. The van der Waals surface area contributed by atoms with Gasteiger partial charge in [0.15, 0.2) is 0 Å². The lowest BCUT2D eigenvalue weighted by Crippen LogP contribution is -2.46. The summed E-state index contributed by atoms with van der Waals surface area (Å²) in [5.74, 6) is 1.48. The number of unbranched alkanes of at least 4 members (excludes halogenated alkanes) is 1. The summed E-state index contributed by atoms with van der Waals surface area (Å²) in [6.45, 7) is 6.97. The van der Waals surface area contributed by atoms with Crippen molar-refractivity contribution >= 4 is 35.0 Å². The summed E-state index contributed by atoms with van der Waals surface area (Å²) in [5.41, 5.74) is 1.34. The molecule has 1 fully saturated rings. The monoisotopic (exact) mass is 542 g/mol. The number of benzene rings is 1. The molecule has 1 aliphatic rings. The second-order valence-corrected chi connectivity index (χ2v) is 9.64. The molecule has 1 amide bonds. The molecule has 38 heavy (non-hydrogen) atoms. The summed E-state index contributed by atoms with van der Waals surface area (Å²) in [7, 11) is 3.32. The number of nitrogens with zero attached hydrogens (tertiary/aromatic N) is 5. The number of ether oxygens (including phenoxy) is 2. The molecule has 3 aromatic rings. The Morgan fingerprint density at radius 2 is 1.89 bits per heavy atom. The van der Waals surface area contributed by atoms with Crippen LogP contribution in [0.3, 0.4) is 0 Å². The molecule has 10 nitrogen and oxygen atoms in total. The number of aromatic nitrogens is 3. The average Bonchev–Trinajstić information content (AvgIpc) is 2.95. The van der Waals surface area contributed by atoms with E-state index in [-0.39, 0.29) is 5.56 Å². The number of carbonyl (C=O) groups excluding carboxylic acids is 1. The molecule has 1 aromatic carbocycles. The van der Waals surface area contributed by atoms with Gasteiger partial charge in [-0.05, 0) is 31.5 Å². The second kappa shape index (κ2) is 12.9. The molecule has 0 atom stereocenters. The highest BCUT2D eigenvalue weighted by Gasteiger charge is 2.20. The van der Waals surface area contributed by atoms with Gasteiger partial charge in [-0.1, -0.05) is 24.9 Å². The summed E-state index contributed by atoms with van der Waals surface area (Å²) >= 11 is 6.80. The molecule has 0 spiro atoms. The molecule has 1 N–H and O–H groups in total. The number of halogens is 1. The molecule has 0 bridgehead atoms. The van der Waals surface area contributed by atoms with E-state index in [4.69, 9.17) is 21.1 Å². The van der Waals surface area contributed by atoms with Gasteiger partial charge in [0.05, 0.1) is 18.7 Å². The molecule has 0 aliphatic carbocycles. The maximum Gasteiger partial charge on any atom is 0.260 e. The van der Waals surface area contributed by atoms with Crippen LogP contribution in [0.1, 0.15) is 26.2 Å². The van der Waals surface area contributed by atoms with Gasteiger partial charge in [-0.15, -0.1) is 0 Å². The quantitative estimate of drug-likeness (QED) is 0.274. The van der Waals surface area contributed by atoms with Gasteiger partial charge >= 0.3 is 0 Å². The second-order valence-electron chi connectivity index (χ2n) is 9.26. The van der Waals surface area contributed by atoms with Crippen molar-refractivity contribution in [1.82, 2.24) is 24.3 Å². The number of rotatable bonds is 12. The van der Waals surface area contributed by atoms with Crippen LogP contribution in [0.2, 0.25) is 5.02 Å². The summed E-state index contributed by atoms with van der Waals surface area (Å²) in [4.78, 5) is 38.0. The Labute approximate surface area is 227 Å². The van der Waals surface area contributed by atoms with E-state index < -0.39 is 0 Å². The Morgan fingerprint density at radius 3 is 2.58 bits per heavy atom. The normalized spacial score (nSPS) is 14.1. The van der Waals surface area contributed by atoms with Crippen molar-refractivity contribution in [1.29, 1.82) is 0 Å². The molecule has 1 saturated heterocycles. The van der Waals surface area contributed by atoms with Crippen LogP contribution >= 0.6 is 11.6 Å². The van der Waals surface area contributed by atoms with Crippen molar-refractivity contribution in [2.75, 3.05) is 58.8 Å². The Morgan fingerprint density at radius 1 is 1.11 bits per heavy atom. The third-order valence-electron chi connectivity index (χ3n) is 6.76. The number of methoxy groups -OCH3 is 1. The zero-order valence-corrected chi connectivity index (χ0v) is 23.0. The zero-order valence-electron chi connectivity index (χ0n) is 22.2. The lowest BCUT2D eigenvalue weighted by atomic mass is 10.0. The number of amides is 1. The van der Waals surface area contributed by atoms with E-state index in [1.54, 1.807) is 48.0 Å². The Balaban J connectivity index is 1.71. The van der Waals surface area contributed by atoms with Crippen molar-refractivity contribution in [2.24, 2.45) is 0 Å². The van der Waals surface area contributed by atoms with E-state index in [2.05, 4.69) is 27.1 Å². The molecule has 0 radical (unpaired) electrons. The van der Waals surface area contributed by atoms with Gasteiger partial charge in [-0.2, -0.15) is 4.98 Å². The molecule has 11 heteroatoms. The number of carbonyl (C=O) groups is 1. The minimum Gasteiger partial charge on any atom is -0.497 e. The standard InChI is InChI=1S/C27H35ClN6O4/c1-4-5-13-38-23-16-20(37-3)15-21(24(23)28)22-14-19-17-30-27(29-2)31-25(19)34(26(22)36)8-6-7-32-9-11-33(18-35)12-10-32/h14-18H,4-13H2,1-3H3,(H,29,30,31). The van der Waals surface area contributed by atoms with Crippen LogP contribution in [0, 0.1) is 0 Å². The van der Waals surface area contributed by atoms with E-state index in [1.807, 2.05) is 0 Å². The van der Waals surface area contributed by atoms with Gasteiger partial charge < -0.3 is 19.7 Å². The van der Waals surface area contributed by atoms with Gasteiger partial charge in [0, 0.05) is 68.5 Å². The minimum atomic E-state index is -0.196. The largest absolute Gasteiger partial charge is 0.497 e. The van der Waals surface area contributed by atoms with Gasteiger partial charge in [-0.3, -0.25) is 19.1 Å². The molecular formula is C27H35ClN6O4. The number of aryl methyl sites for hydroxylation is 1. The van der Waals surface area contributed by atoms with E-state index in [9.17, 15) is 9.59 Å². The fourth-order valence-corrected chi connectivity index (χ4v) is 4.81. The smallest absolute Gasteiger partial charge is 0.260 e. The first kappa shape index (κ1) is 27.7. The van der Waals surface area contributed by atoms with Crippen molar-refractivity contribution in [3.63, 3.8) is 0 Å². The SMILES string of the molecule is CCCCOc1cc(OC)cc(-c2cc3cnc(NC)nc3n(CCCN3CCN(C=O)CC3)c2=O)c1Cl. The summed E-state index contributed by atoms with van der Waals surface area (Å²) < 4.78 is 13.1. The van der Waals surface area contributed by atoms with Crippen molar-refractivity contribution in [3.05, 3.63) is 39.8 Å². The number of hydrogen-bond donors (Lipinski definition) is 1. The topological polar surface area (TPSA) is 102 Å². The van der Waals surface area contributed by atoms with Gasteiger partial charge in [0.25, 0.3) is 5.56 Å². The first-order valence-electron chi connectivity index (χ1n) is 13.0. The first-order chi connectivity index (χ1) is 18.5. The maximum absolute atomic E-state index is 14.0. The fraction of sp³-hybridized carbons (Fsp3) is 0.481. The summed E-state index contributed by atoms with van der Waals surface area (Å²) in [5, 5.41) is 4.05. The first-order valence-corrected chi connectivity index (χ1v) is 13.4. The van der Waals surface area contributed by atoms with Crippen LogP contribution in [0.25, 0.3) is 22.2 Å². The average molecular weight is 543 g/mol. The third-order valence-corrected chi connectivity index (χ3v) is 7.15. The van der Waals surface area contributed by atoms with Gasteiger partial charge in [0.1, 0.15) is 17.1 Å². The number of hydrogen-bond acceptors (Lipinski definition) is 8. The highest BCUT2D eigenvalue weighted by atomic mass is 35.5. The Hall–Kier alpha value is -3.37. The number of piperazine rings is 1. The number of pyridine rings is 1. The molecule has 4 rings (SSSR count). The molecule has 3 heterocycles. The minimum absolute atomic E-state index is 0.196. The van der Waals surface area contributed by atoms with Crippen molar-refractivity contribution in [3.8, 4) is 22.6 Å². The molecule has 1 aliphatic heterocycles. The van der Waals surface area contributed by atoms with Crippen LogP contribution < -0.4 is 20.3 Å². The van der Waals surface area contributed by atoms with Crippen LogP contribution in [0.15, 0.2) is 29.2 Å². The van der Waals surface area contributed by atoms with E-state index >= 15 is 0 Å². The number of fused-ring (bicyclic) bond motifs is 1. The van der Waals surface area contributed by atoms with Gasteiger partial charge in [-0.25, -0.2) is 4.98 Å². The zero-order chi connectivity index (χ0) is 27.1. The highest BCUT2D eigenvalue weighted by molar-refractivity contribution is 6.35. The van der Waals surface area contributed by atoms with Crippen LogP contribution in [0.5, 0.6) is 11.5 Å². The lowest BCUT2D eigenvalue weighted by molar-refractivity contribution is -0.119. The van der Waals surface area contributed by atoms with Crippen LogP contribution in [-0.4, -0.2) is 84.2 Å². The molecule has 0 unspecified atom stereocenters. The molecule has 2 aromatic heterocycles. The predicted octanol–water partition coefficient (Wildman–Crippen LogP) is 3.51. The Kier molecular flexibility index (Phi) is 9.41. The maximum atomic E-state index is 14.0. The van der Waals surface area contributed by atoms with Crippen LogP contribution in [0.4, 0.5) is 5.95 Å².